The van der Waals surface area contributed by atoms with Gasteiger partial charge in [-0.3, -0.25) is 10.2 Å². The number of ether oxygens (including phenoxy) is 1. The van der Waals surface area contributed by atoms with E-state index in [0.717, 1.165) is 0 Å². The van der Waals surface area contributed by atoms with Gasteiger partial charge in [0.15, 0.2) is 5.75 Å². The standard InChI is InChI=1S/C20H13Cl4N3O3/c21-12-2-5-14(6-3-12)30-18-8-4-13(22)10-17(18)25-20(29)27-26-19(28)11-1-7-15(23)16(24)9-11/h1-10H,(H,26,28)(H2,25,27,29). The van der Waals surface area contributed by atoms with E-state index in [0.29, 0.717) is 32.3 Å². The molecule has 0 bridgehead atoms. The molecule has 0 aliphatic heterocycles. The Morgan fingerprint density at radius 1 is 0.733 bits per heavy atom. The largest absolute Gasteiger partial charge is 0.455 e. The molecule has 0 unspecified atom stereocenters. The second-order valence-electron chi connectivity index (χ2n) is 5.86. The Balaban J connectivity index is 1.65. The predicted molar refractivity (Wildman–Crippen MR) is 119 cm³/mol. The third kappa shape index (κ3) is 5.93. The molecule has 0 heterocycles. The second kappa shape index (κ2) is 9.91. The molecule has 0 fully saturated rings. The van der Waals surface area contributed by atoms with Crippen molar-refractivity contribution in [3.8, 4) is 11.5 Å². The molecule has 0 saturated heterocycles. The van der Waals surface area contributed by atoms with Crippen molar-refractivity contribution in [2.45, 2.75) is 0 Å². The molecular weight excluding hydrogens is 472 g/mol. The molecule has 0 aromatic heterocycles. The van der Waals surface area contributed by atoms with Gasteiger partial charge < -0.3 is 10.1 Å². The Hall–Kier alpha value is -2.64. The third-order valence-electron chi connectivity index (χ3n) is 3.70. The van der Waals surface area contributed by atoms with E-state index in [1.54, 1.807) is 36.4 Å². The highest BCUT2D eigenvalue weighted by Crippen LogP contribution is 2.32. The molecule has 3 aromatic rings. The number of rotatable bonds is 4. The highest BCUT2D eigenvalue weighted by atomic mass is 35.5. The van der Waals surface area contributed by atoms with Crippen molar-refractivity contribution in [1.29, 1.82) is 0 Å². The van der Waals surface area contributed by atoms with E-state index in [2.05, 4.69) is 16.2 Å². The van der Waals surface area contributed by atoms with Crippen LogP contribution in [0.5, 0.6) is 11.5 Å². The Morgan fingerprint density at radius 2 is 1.43 bits per heavy atom. The van der Waals surface area contributed by atoms with E-state index >= 15 is 0 Å². The maximum absolute atomic E-state index is 12.2. The van der Waals surface area contributed by atoms with E-state index in [1.807, 2.05) is 0 Å². The van der Waals surface area contributed by atoms with Crippen molar-refractivity contribution in [3.05, 3.63) is 86.3 Å². The lowest BCUT2D eigenvalue weighted by molar-refractivity contribution is 0.0938. The molecule has 0 saturated carbocycles. The summed E-state index contributed by atoms with van der Waals surface area (Å²) in [6.45, 7) is 0. The first-order valence-electron chi connectivity index (χ1n) is 8.37. The van der Waals surface area contributed by atoms with Crippen LogP contribution in [0, 0.1) is 0 Å². The zero-order valence-electron chi connectivity index (χ0n) is 15.0. The van der Waals surface area contributed by atoms with E-state index < -0.39 is 11.9 Å². The molecule has 3 amide bonds. The average molecular weight is 485 g/mol. The van der Waals surface area contributed by atoms with Gasteiger partial charge in [0.25, 0.3) is 5.91 Å². The summed E-state index contributed by atoms with van der Waals surface area (Å²) in [6.07, 6.45) is 0. The zero-order chi connectivity index (χ0) is 21.7. The topological polar surface area (TPSA) is 79.5 Å². The predicted octanol–water partition coefficient (Wildman–Crippen LogP) is 6.56. The Morgan fingerprint density at radius 3 is 2.13 bits per heavy atom. The summed E-state index contributed by atoms with van der Waals surface area (Å²) in [6, 6.07) is 15.0. The molecule has 0 spiro atoms. The van der Waals surface area contributed by atoms with Gasteiger partial charge >= 0.3 is 6.03 Å². The number of urea groups is 1. The van der Waals surface area contributed by atoms with Gasteiger partial charge in [-0.25, -0.2) is 10.2 Å². The van der Waals surface area contributed by atoms with E-state index in [-0.39, 0.29) is 10.6 Å². The first kappa shape index (κ1) is 22.1. The van der Waals surface area contributed by atoms with Gasteiger partial charge in [0.05, 0.1) is 15.7 Å². The van der Waals surface area contributed by atoms with E-state index in [4.69, 9.17) is 51.1 Å². The summed E-state index contributed by atoms with van der Waals surface area (Å²) in [5, 5.41) is 4.04. The normalized spacial score (nSPS) is 10.3. The summed E-state index contributed by atoms with van der Waals surface area (Å²) in [7, 11) is 0. The molecule has 30 heavy (non-hydrogen) atoms. The van der Waals surface area contributed by atoms with Crippen LogP contribution in [0.25, 0.3) is 0 Å². The van der Waals surface area contributed by atoms with Crippen LogP contribution >= 0.6 is 46.4 Å². The maximum Gasteiger partial charge on any atom is 0.338 e. The van der Waals surface area contributed by atoms with E-state index in [9.17, 15) is 9.59 Å². The fraction of sp³-hybridized carbons (Fsp3) is 0. The van der Waals surface area contributed by atoms with Crippen LogP contribution in [0.15, 0.2) is 60.7 Å². The molecule has 6 nitrogen and oxygen atoms in total. The van der Waals surface area contributed by atoms with Gasteiger partial charge in [0, 0.05) is 15.6 Å². The number of nitrogens with one attached hydrogen (secondary N) is 3. The zero-order valence-corrected chi connectivity index (χ0v) is 18.0. The van der Waals surface area contributed by atoms with Crippen molar-refractivity contribution >= 4 is 64.0 Å². The maximum atomic E-state index is 12.2. The SMILES string of the molecule is O=C(NNC(=O)c1ccc(Cl)c(Cl)c1)Nc1cc(Cl)ccc1Oc1ccc(Cl)cc1. The van der Waals surface area contributed by atoms with Crippen molar-refractivity contribution in [2.75, 3.05) is 5.32 Å². The van der Waals surface area contributed by atoms with Crippen molar-refractivity contribution < 1.29 is 14.3 Å². The molecule has 0 radical (unpaired) electrons. The van der Waals surface area contributed by atoms with Gasteiger partial charge in [0.2, 0.25) is 0 Å². The van der Waals surface area contributed by atoms with Crippen LogP contribution in [0.4, 0.5) is 10.5 Å². The highest BCUT2D eigenvalue weighted by Gasteiger charge is 2.12. The monoisotopic (exact) mass is 483 g/mol. The van der Waals surface area contributed by atoms with Crippen LogP contribution in [-0.2, 0) is 0 Å². The van der Waals surface area contributed by atoms with Gasteiger partial charge in [-0.15, -0.1) is 0 Å². The molecule has 0 aliphatic carbocycles. The van der Waals surface area contributed by atoms with Crippen LogP contribution in [0.2, 0.25) is 20.1 Å². The Bertz CT molecular complexity index is 1090. The van der Waals surface area contributed by atoms with Gasteiger partial charge in [0.1, 0.15) is 5.75 Å². The number of carbonyl (C=O) groups excluding carboxylic acids is 2. The van der Waals surface area contributed by atoms with Crippen LogP contribution in [0.1, 0.15) is 10.4 Å². The number of carbonyl (C=O) groups is 2. The summed E-state index contributed by atoms with van der Waals surface area (Å²) in [5.41, 5.74) is 5.02. The van der Waals surface area contributed by atoms with Crippen molar-refractivity contribution in [3.63, 3.8) is 0 Å². The van der Waals surface area contributed by atoms with Crippen molar-refractivity contribution in [1.82, 2.24) is 10.9 Å². The Kier molecular flexibility index (Phi) is 7.29. The molecule has 0 atom stereocenters. The number of amides is 3. The van der Waals surface area contributed by atoms with E-state index in [1.165, 1.54) is 24.3 Å². The minimum atomic E-state index is -0.716. The summed E-state index contributed by atoms with van der Waals surface area (Å²) in [5.74, 6) is 0.276. The molecular formula is C20H13Cl4N3O3. The molecule has 10 heteroatoms. The lowest BCUT2D eigenvalue weighted by Gasteiger charge is -2.14. The van der Waals surface area contributed by atoms with Crippen molar-refractivity contribution in [2.24, 2.45) is 0 Å². The number of benzene rings is 3. The van der Waals surface area contributed by atoms with Crippen LogP contribution in [0.3, 0.4) is 0 Å². The second-order valence-corrected chi connectivity index (χ2v) is 7.55. The minimum Gasteiger partial charge on any atom is -0.455 e. The van der Waals surface area contributed by atoms with Gasteiger partial charge in [-0.2, -0.15) is 0 Å². The van der Waals surface area contributed by atoms with Gasteiger partial charge in [-0.05, 0) is 60.7 Å². The van der Waals surface area contributed by atoms with Crippen LogP contribution < -0.4 is 20.9 Å². The quantitative estimate of drug-likeness (QED) is 0.367. The third-order valence-corrected chi connectivity index (χ3v) is 4.93. The smallest absolute Gasteiger partial charge is 0.338 e. The lowest BCUT2D eigenvalue weighted by atomic mass is 10.2. The minimum absolute atomic E-state index is 0.219. The summed E-state index contributed by atoms with van der Waals surface area (Å²) < 4.78 is 5.77. The highest BCUT2D eigenvalue weighted by molar-refractivity contribution is 6.42. The number of hydrogen-bond acceptors (Lipinski definition) is 3. The molecule has 154 valence electrons. The number of anilines is 1. The molecule has 0 aliphatic rings. The van der Waals surface area contributed by atoms with Gasteiger partial charge in [-0.1, -0.05) is 46.4 Å². The number of hydrazine groups is 1. The number of hydrogen-bond donors (Lipinski definition) is 3. The molecule has 3 N–H and O–H groups in total. The molecule has 3 aromatic carbocycles. The summed E-state index contributed by atoms with van der Waals surface area (Å²) in [4.78, 5) is 24.4. The Labute approximate surface area is 192 Å². The first-order chi connectivity index (χ1) is 14.3. The number of halogens is 4. The molecule has 3 rings (SSSR count). The first-order valence-corrected chi connectivity index (χ1v) is 9.88. The van der Waals surface area contributed by atoms with Crippen LogP contribution in [-0.4, -0.2) is 11.9 Å². The fourth-order valence-electron chi connectivity index (χ4n) is 2.30. The summed E-state index contributed by atoms with van der Waals surface area (Å²) >= 11 is 23.6. The lowest BCUT2D eigenvalue weighted by Crippen LogP contribution is -2.43. The average Bonchev–Trinajstić information content (AvgIpc) is 2.72. The fourth-order valence-corrected chi connectivity index (χ4v) is 2.89.